The molecule has 0 aliphatic carbocycles. The Morgan fingerprint density at radius 1 is 1.07 bits per heavy atom. The standard InChI is InChI=1S/C19H18N6O4/c1-13-7-9-14(10-8-13)22-18-17(25(27)28)19(21-12-20-18)24-23-16(26)11-29-15-5-3-2-4-6-15/h2-10,12H,11H2,1H3,(H,23,26)(H2,20,21,22,24). The van der Waals surface area contributed by atoms with Crippen molar-refractivity contribution in [2.45, 2.75) is 6.92 Å². The van der Waals surface area contributed by atoms with Gasteiger partial charge < -0.3 is 10.1 Å². The Labute approximate surface area is 166 Å². The highest BCUT2D eigenvalue weighted by atomic mass is 16.6. The molecule has 0 aliphatic rings. The van der Waals surface area contributed by atoms with Crippen LogP contribution in [-0.4, -0.2) is 27.4 Å². The van der Waals surface area contributed by atoms with E-state index in [2.05, 4.69) is 26.1 Å². The van der Waals surface area contributed by atoms with Crippen LogP contribution in [0.1, 0.15) is 5.56 Å². The fourth-order valence-corrected chi connectivity index (χ4v) is 2.34. The van der Waals surface area contributed by atoms with E-state index in [0.29, 0.717) is 11.4 Å². The van der Waals surface area contributed by atoms with Crippen LogP contribution in [0.2, 0.25) is 0 Å². The molecule has 0 aliphatic heterocycles. The van der Waals surface area contributed by atoms with E-state index in [9.17, 15) is 14.9 Å². The molecule has 0 radical (unpaired) electrons. The molecule has 1 heterocycles. The van der Waals surface area contributed by atoms with Crippen molar-refractivity contribution < 1.29 is 14.5 Å². The highest BCUT2D eigenvalue weighted by Gasteiger charge is 2.23. The van der Waals surface area contributed by atoms with Crippen LogP contribution >= 0.6 is 0 Å². The van der Waals surface area contributed by atoms with Crippen LogP contribution in [0.4, 0.5) is 23.0 Å². The van der Waals surface area contributed by atoms with Gasteiger partial charge >= 0.3 is 5.69 Å². The van der Waals surface area contributed by atoms with Crippen LogP contribution < -0.4 is 20.9 Å². The summed E-state index contributed by atoms with van der Waals surface area (Å²) in [6, 6.07) is 16.1. The number of hydrogen-bond donors (Lipinski definition) is 3. The van der Waals surface area contributed by atoms with Crippen molar-refractivity contribution in [1.29, 1.82) is 0 Å². The molecule has 0 atom stereocenters. The lowest BCUT2D eigenvalue weighted by atomic mass is 10.2. The molecule has 0 saturated carbocycles. The Bertz CT molecular complexity index is 995. The maximum atomic E-state index is 12.0. The largest absolute Gasteiger partial charge is 0.484 e. The van der Waals surface area contributed by atoms with Gasteiger partial charge in [0.15, 0.2) is 6.61 Å². The maximum absolute atomic E-state index is 12.0. The molecule has 0 spiro atoms. The molecule has 10 heteroatoms. The maximum Gasteiger partial charge on any atom is 0.355 e. The minimum atomic E-state index is -0.633. The number of amides is 1. The van der Waals surface area contributed by atoms with Gasteiger partial charge in [0.1, 0.15) is 12.1 Å². The van der Waals surface area contributed by atoms with Crippen LogP contribution in [0.15, 0.2) is 60.9 Å². The molecule has 3 rings (SSSR count). The first kappa shape index (κ1) is 19.5. The zero-order valence-electron chi connectivity index (χ0n) is 15.5. The summed E-state index contributed by atoms with van der Waals surface area (Å²) >= 11 is 0. The summed E-state index contributed by atoms with van der Waals surface area (Å²) in [4.78, 5) is 30.7. The Kier molecular flexibility index (Phi) is 6.15. The number of hydrogen-bond acceptors (Lipinski definition) is 8. The Morgan fingerprint density at radius 2 is 1.76 bits per heavy atom. The van der Waals surface area contributed by atoms with Crippen LogP contribution in [0.25, 0.3) is 0 Å². The lowest BCUT2D eigenvalue weighted by Gasteiger charge is -2.11. The topological polar surface area (TPSA) is 131 Å². The second-order valence-electron chi connectivity index (χ2n) is 5.94. The number of anilines is 3. The molecule has 3 N–H and O–H groups in total. The molecular weight excluding hydrogens is 376 g/mol. The predicted octanol–water partition coefficient (Wildman–Crippen LogP) is 2.96. The van der Waals surface area contributed by atoms with Crippen LogP contribution in [0.5, 0.6) is 5.75 Å². The van der Waals surface area contributed by atoms with Crippen molar-refractivity contribution in [3.63, 3.8) is 0 Å². The number of ether oxygens (including phenoxy) is 1. The SMILES string of the molecule is Cc1ccc(Nc2ncnc(NNC(=O)COc3ccccc3)c2[N+](=O)[O-])cc1. The number of aryl methyl sites for hydroxylation is 1. The van der Waals surface area contributed by atoms with E-state index in [1.807, 2.05) is 25.1 Å². The monoisotopic (exact) mass is 394 g/mol. The number of para-hydroxylation sites is 1. The van der Waals surface area contributed by atoms with Crippen molar-refractivity contribution in [3.05, 3.63) is 76.6 Å². The molecule has 10 nitrogen and oxygen atoms in total. The summed E-state index contributed by atoms with van der Waals surface area (Å²) < 4.78 is 5.32. The molecule has 148 valence electrons. The molecular formula is C19H18N6O4. The van der Waals surface area contributed by atoms with Gasteiger partial charge in [-0.2, -0.15) is 0 Å². The van der Waals surface area contributed by atoms with E-state index in [1.54, 1.807) is 36.4 Å². The third-order valence-corrected chi connectivity index (χ3v) is 3.75. The van der Waals surface area contributed by atoms with Crippen molar-refractivity contribution in [3.8, 4) is 5.75 Å². The number of nitrogens with one attached hydrogen (secondary N) is 3. The normalized spacial score (nSPS) is 10.1. The first-order valence-electron chi connectivity index (χ1n) is 8.58. The fraction of sp³-hybridized carbons (Fsp3) is 0.105. The molecule has 1 amide bonds. The third kappa shape index (κ3) is 5.39. The quantitative estimate of drug-likeness (QED) is 0.392. The van der Waals surface area contributed by atoms with E-state index in [1.165, 1.54) is 0 Å². The summed E-state index contributed by atoms with van der Waals surface area (Å²) in [5.41, 5.74) is 6.05. The van der Waals surface area contributed by atoms with Gasteiger partial charge in [0.25, 0.3) is 5.91 Å². The van der Waals surface area contributed by atoms with Gasteiger partial charge in [-0.1, -0.05) is 35.9 Å². The zero-order valence-corrected chi connectivity index (χ0v) is 15.5. The molecule has 2 aromatic carbocycles. The average molecular weight is 394 g/mol. The van der Waals surface area contributed by atoms with Crippen molar-refractivity contribution in [1.82, 2.24) is 15.4 Å². The number of nitro groups is 1. The minimum Gasteiger partial charge on any atom is -0.484 e. The van der Waals surface area contributed by atoms with Gasteiger partial charge in [0.05, 0.1) is 4.92 Å². The Morgan fingerprint density at radius 3 is 2.45 bits per heavy atom. The number of nitrogens with zero attached hydrogens (tertiary/aromatic N) is 3. The summed E-state index contributed by atoms with van der Waals surface area (Å²) in [5.74, 6) is -0.172. The second kappa shape index (κ2) is 9.13. The van der Waals surface area contributed by atoms with Gasteiger partial charge in [-0.25, -0.2) is 9.97 Å². The predicted molar refractivity (Wildman–Crippen MR) is 107 cm³/mol. The van der Waals surface area contributed by atoms with Crippen molar-refractivity contribution in [2.24, 2.45) is 0 Å². The number of rotatable bonds is 8. The van der Waals surface area contributed by atoms with E-state index >= 15 is 0 Å². The number of aromatic nitrogens is 2. The van der Waals surface area contributed by atoms with E-state index in [0.717, 1.165) is 11.9 Å². The van der Waals surface area contributed by atoms with Crippen LogP contribution in [-0.2, 0) is 4.79 Å². The molecule has 29 heavy (non-hydrogen) atoms. The van der Waals surface area contributed by atoms with Crippen molar-refractivity contribution >= 4 is 28.9 Å². The zero-order chi connectivity index (χ0) is 20.6. The first-order chi connectivity index (χ1) is 14.0. The van der Waals surface area contributed by atoms with Gasteiger partial charge in [0.2, 0.25) is 11.6 Å². The van der Waals surface area contributed by atoms with Crippen LogP contribution in [0, 0.1) is 17.0 Å². The number of benzene rings is 2. The highest BCUT2D eigenvalue weighted by molar-refractivity contribution is 5.80. The molecule has 0 fully saturated rings. The highest BCUT2D eigenvalue weighted by Crippen LogP contribution is 2.30. The first-order valence-corrected chi connectivity index (χ1v) is 8.58. The van der Waals surface area contributed by atoms with Crippen molar-refractivity contribution in [2.75, 3.05) is 17.3 Å². The summed E-state index contributed by atoms with van der Waals surface area (Å²) in [5, 5.41) is 14.4. The van der Waals surface area contributed by atoms with E-state index < -0.39 is 16.5 Å². The molecule has 0 bridgehead atoms. The molecule has 0 unspecified atom stereocenters. The number of carbonyl (C=O) groups excluding carboxylic acids is 1. The van der Waals surface area contributed by atoms with Gasteiger partial charge in [-0.15, -0.1) is 0 Å². The van der Waals surface area contributed by atoms with E-state index in [4.69, 9.17) is 4.74 Å². The fourth-order valence-electron chi connectivity index (χ4n) is 2.34. The van der Waals surface area contributed by atoms with Gasteiger partial charge in [-0.05, 0) is 31.2 Å². The Balaban J connectivity index is 1.67. The third-order valence-electron chi connectivity index (χ3n) is 3.75. The van der Waals surface area contributed by atoms with Crippen LogP contribution in [0.3, 0.4) is 0 Å². The smallest absolute Gasteiger partial charge is 0.355 e. The minimum absolute atomic E-state index is 0.00821. The van der Waals surface area contributed by atoms with E-state index in [-0.39, 0.29) is 18.2 Å². The van der Waals surface area contributed by atoms with Gasteiger partial charge in [0, 0.05) is 5.69 Å². The number of carbonyl (C=O) groups is 1. The molecule has 3 aromatic rings. The van der Waals surface area contributed by atoms with Gasteiger partial charge in [-0.3, -0.25) is 25.8 Å². The summed E-state index contributed by atoms with van der Waals surface area (Å²) in [7, 11) is 0. The number of hydrazine groups is 1. The molecule has 1 aromatic heterocycles. The molecule has 0 saturated heterocycles. The summed E-state index contributed by atoms with van der Waals surface area (Å²) in [6.45, 7) is 1.66. The lowest BCUT2D eigenvalue weighted by molar-refractivity contribution is -0.383. The summed E-state index contributed by atoms with van der Waals surface area (Å²) in [6.07, 6.45) is 1.15. The average Bonchev–Trinajstić information content (AvgIpc) is 2.73. The second-order valence-corrected chi connectivity index (χ2v) is 5.94. The lowest BCUT2D eigenvalue weighted by Crippen LogP contribution is -2.34. The Hall–Kier alpha value is -4.21.